The summed E-state index contributed by atoms with van der Waals surface area (Å²) in [5, 5.41) is 5.02. The molecule has 0 bridgehead atoms. The van der Waals surface area contributed by atoms with Crippen molar-refractivity contribution in [2.24, 2.45) is 0 Å². The van der Waals surface area contributed by atoms with Gasteiger partial charge in [0.05, 0.1) is 5.56 Å². The molecule has 24 heteroatoms. The number of furan rings is 1. The number of fused-ring (bicyclic) bond motifs is 6. The predicted molar refractivity (Wildman–Crippen MR) is 384 cm³/mol. The molecule has 0 fully saturated rings. The molecule has 338 valence electrons. The van der Waals surface area contributed by atoms with Gasteiger partial charge >= 0.3 is 0 Å². The van der Waals surface area contributed by atoms with Gasteiger partial charge < -0.3 is 8.98 Å². The predicted octanol–water partition coefficient (Wildman–Crippen LogP) is -19.9. The van der Waals surface area contributed by atoms with Crippen LogP contribution in [0.4, 0.5) is 0 Å². The van der Waals surface area contributed by atoms with Crippen molar-refractivity contribution in [2.75, 3.05) is 0 Å². The molecule has 0 saturated heterocycles. The smallest absolute Gasteiger partial charge is 0.167 e. The van der Waals surface area contributed by atoms with Crippen LogP contribution < -0.4 is 104 Å². The summed E-state index contributed by atoms with van der Waals surface area (Å²) in [5.41, 5.74) is 37.0. The van der Waals surface area contributed by atoms with Crippen LogP contribution in [0, 0.1) is 0 Å². The Bertz CT molecular complexity index is 4270. The lowest BCUT2D eigenvalue weighted by atomic mass is 9.63. The lowest BCUT2D eigenvalue weighted by Crippen LogP contribution is -2.50. The zero-order valence-corrected chi connectivity index (χ0v) is 47.7. The lowest BCUT2D eigenvalue weighted by molar-refractivity contribution is 0.673. The fourth-order valence-electron chi connectivity index (χ4n) is 12.7. The van der Waals surface area contributed by atoms with E-state index in [0.717, 1.165) is 60.8 Å². The zero-order valence-electron chi connectivity index (χ0n) is 47.7. The van der Waals surface area contributed by atoms with E-state index in [9.17, 15) is 0 Å². The maximum absolute atomic E-state index is 7.21. The Hall–Kier alpha value is -6.40. The van der Waals surface area contributed by atoms with Crippen LogP contribution >= 0.6 is 0 Å². The fraction of sp³-hybridized carbons (Fsp3) is 0. The van der Waals surface area contributed by atoms with Gasteiger partial charge in [-0.2, -0.15) is 0 Å². The van der Waals surface area contributed by atoms with Crippen molar-refractivity contribution in [3.8, 4) is 62.1 Å². The highest BCUT2D eigenvalue weighted by Crippen LogP contribution is 2.34. The molecule has 0 aliphatic carbocycles. The average molecular weight is 941 g/mol. The maximum atomic E-state index is 7.21. The van der Waals surface area contributed by atoms with Crippen LogP contribution in [0.1, 0.15) is 0 Å². The van der Waals surface area contributed by atoms with Gasteiger partial charge in [0.1, 0.15) is 160 Å². The summed E-state index contributed by atoms with van der Waals surface area (Å²) in [4.78, 5) is 16.8. The fourth-order valence-corrected chi connectivity index (χ4v) is 12.7. The van der Waals surface area contributed by atoms with Crippen LogP contribution in [-0.2, 0) is 0 Å². The van der Waals surface area contributed by atoms with Crippen molar-refractivity contribution in [3.05, 3.63) is 78.9 Å². The van der Waals surface area contributed by atoms with E-state index in [-0.39, 0.29) is 0 Å². The van der Waals surface area contributed by atoms with Crippen molar-refractivity contribution in [1.29, 1.82) is 0 Å². The Morgan fingerprint density at radius 2 is 0.667 bits per heavy atom. The topological polar surface area (TPSA) is 56.7 Å². The second-order valence-corrected chi connectivity index (χ2v) is 22.1. The summed E-state index contributed by atoms with van der Waals surface area (Å²) >= 11 is 0. The quantitative estimate of drug-likeness (QED) is 0.156. The molecule has 0 saturated carbocycles. The summed E-state index contributed by atoms with van der Waals surface area (Å²) < 4.78 is 9.83. The van der Waals surface area contributed by atoms with Gasteiger partial charge in [0.25, 0.3) is 0 Å². The molecule has 0 N–H and O–H groups in total. The minimum Gasteiger partial charge on any atom is -0.456 e. The molecule has 11 aromatic rings. The van der Waals surface area contributed by atoms with Crippen molar-refractivity contribution in [3.63, 3.8) is 0 Å². The van der Waals surface area contributed by atoms with E-state index in [1.165, 1.54) is 131 Å². The van der Waals surface area contributed by atoms with Gasteiger partial charge in [-0.1, -0.05) is 160 Å². The third-order valence-electron chi connectivity index (χ3n) is 18.8. The summed E-state index contributed by atoms with van der Waals surface area (Å²) in [7, 11) is 43.2. The number of benzene rings is 8. The molecule has 3 heterocycles. The van der Waals surface area contributed by atoms with Crippen LogP contribution in [-0.4, -0.2) is 169 Å². The second-order valence-electron chi connectivity index (χ2n) is 22.1. The van der Waals surface area contributed by atoms with Crippen molar-refractivity contribution >= 4 is 297 Å². The lowest BCUT2D eigenvalue weighted by Gasteiger charge is -2.25. The van der Waals surface area contributed by atoms with Crippen LogP contribution in [0.25, 0.3) is 106 Å². The number of nitrogens with zero attached hydrogens (tertiary/aromatic N) is 4. The second kappa shape index (κ2) is 18.4. The highest BCUT2D eigenvalue weighted by molar-refractivity contribution is 6.73. The average Bonchev–Trinajstić information content (AvgIpc) is 4.10. The van der Waals surface area contributed by atoms with Gasteiger partial charge in [0.15, 0.2) is 17.5 Å². The molecule has 0 atom stereocenters. The molecular weight excluding hydrogens is 890 g/mol. The van der Waals surface area contributed by atoms with Crippen LogP contribution in [0.5, 0.6) is 0 Å². The SMILES string of the molecule is Bc1c(B)c(-c2nc(-c3ccc(-c4cccc(-c5ccccc5)c4)cc3)nc(-c3c(B)c(B)c(B)c4c3oc3c(B)c(B)c(B)c(B)c34)n2)c(B)c(-n2c3c(B)c(B)c(B)c(B)c3c3c(B)c(B)c(B)c(B)c32)c1B. The Morgan fingerprint density at radius 1 is 0.280 bits per heavy atom. The van der Waals surface area contributed by atoms with Crippen molar-refractivity contribution < 1.29 is 4.42 Å². The first-order chi connectivity index (χ1) is 35.7. The first kappa shape index (κ1) is 50.7. The summed E-state index contributed by atoms with van der Waals surface area (Å²) in [6.45, 7) is 0. The highest BCUT2D eigenvalue weighted by Gasteiger charge is 2.29. The highest BCUT2D eigenvalue weighted by atomic mass is 16.3. The van der Waals surface area contributed by atoms with Gasteiger partial charge in [-0.3, -0.25) is 0 Å². The Labute approximate surface area is 458 Å². The maximum Gasteiger partial charge on any atom is 0.167 e. The largest absolute Gasteiger partial charge is 0.456 e. The van der Waals surface area contributed by atoms with Gasteiger partial charge in [-0.25, -0.2) is 15.0 Å². The van der Waals surface area contributed by atoms with Gasteiger partial charge in [0, 0.05) is 38.6 Å². The number of hydrogen-bond acceptors (Lipinski definition) is 4. The number of hydrogen-bond donors (Lipinski definition) is 0. The van der Waals surface area contributed by atoms with E-state index in [0.29, 0.717) is 17.5 Å². The number of rotatable bonds is 6. The molecule has 0 unspecified atom stereocenters. The number of aromatic nitrogens is 4. The molecule has 3 aromatic heterocycles. The van der Waals surface area contributed by atoms with E-state index in [4.69, 9.17) is 19.4 Å². The zero-order chi connectivity index (χ0) is 53.5. The normalized spacial score (nSPS) is 11.7. The molecular formula is C51H51B19N4O. The van der Waals surface area contributed by atoms with Gasteiger partial charge in [0.2, 0.25) is 0 Å². The molecule has 75 heavy (non-hydrogen) atoms. The molecule has 0 aliphatic heterocycles. The van der Waals surface area contributed by atoms with Gasteiger partial charge in [-0.15, -0.1) is 16.4 Å². The Balaban J connectivity index is 1.23. The molecule has 0 radical (unpaired) electrons. The van der Waals surface area contributed by atoms with E-state index in [2.05, 4.69) is 233 Å². The van der Waals surface area contributed by atoms with Crippen LogP contribution in [0.3, 0.4) is 0 Å². The first-order valence-electron chi connectivity index (χ1n) is 26.7. The van der Waals surface area contributed by atoms with E-state index in [1.807, 2.05) is 0 Å². The summed E-state index contributed by atoms with van der Waals surface area (Å²) in [6.07, 6.45) is 0. The summed E-state index contributed by atoms with van der Waals surface area (Å²) in [6, 6.07) is 28.1. The van der Waals surface area contributed by atoms with E-state index in [1.54, 1.807) is 0 Å². The molecule has 0 aliphatic rings. The van der Waals surface area contributed by atoms with Crippen molar-refractivity contribution in [1.82, 2.24) is 19.5 Å². The molecule has 8 aromatic carbocycles. The first-order valence-corrected chi connectivity index (χ1v) is 26.7. The van der Waals surface area contributed by atoms with E-state index >= 15 is 0 Å². The van der Waals surface area contributed by atoms with Crippen LogP contribution in [0.15, 0.2) is 83.3 Å². The Kier molecular flexibility index (Phi) is 12.5. The Morgan fingerprint density at radius 3 is 1.21 bits per heavy atom. The van der Waals surface area contributed by atoms with E-state index < -0.39 is 0 Å². The monoisotopic (exact) mass is 945 g/mol. The molecule has 0 spiro atoms. The van der Waals surface area contributed by atoms with Gasteiger partial charge in [-0.05, 0) is 39.1 Å². The molecule has 11 rings (SSSR count). The van der Waals surface area contributed by atoms with Crippen molar-refractivity contribution in [2.45, 2.75) is 0 Å². The standard InChI is InChI=1S/C51H51B19N4O/c52-25-19-20-26(53)34(61)38(65)41(68)45(20)74(44(19)40(67)37(64)33(25)60)46-31(58)23(29(56)36(63)42(46)69)50-71-49(16-11-9-15(10-12-16)18-8-4-7-17(13-18)14-5-2-1-3-6-14)72-51(73-50)24-30(57)32(59)27(54)21-22-28(55)35(62)39(66)43(70)48(22)75-47(21)24/h1-13H,52-70H2. The molecule has 5 nitrogen and oxygen atoms in total. The minimum absolute atomic E-state index is 0.605. The molecule has 0 amide bonds. The third kappa shape index (κ3) is 7.45. The van der Waals surface area contributed by atoms with Crippen LogP contribution in [0.2, 0.25) is 0 Å². The summed E-state index contributed by atoms with van der Waals surface area (Å²) in [5.74, 6) is 1.87. The third-order valence-corrected chi connectivity index (χ3v) is 18.8. The minimum atomic E-state index is 0.605.